The molecule has 0 radical (unpaired) electrons. The Morgan fingerprint density at radius 3 is 2.76 bits per heavy atom. The van der Waals surface area contributed by atoms with E-state index in [9.17, 15) is 18.5 Å². The van der Waals surface area contributed by atoms with Gasteiger partial charge in [0.05, 0.1) is 4.92 Å². The Kier molecular flexibility index (Phi) is 4.74. The number of nitro benzene ring substituents is 1. The number of hydrogen-bond donors (Lipinski definition) is 2. The predicted octanol–water partition coefficient (Wildman–Crippen LogP) is 1.74. The van der Waals surface area contributed by atoms with Crippen LogP contribution in [-0.4, -0.2) is 30.9 Å². The second-order valence-corrected chi connectivity index (χ2v) is 7.68. The number of nitrogens with two attached hydrogens (primary N) is 1. The lowest BCUT2D eigenvalue weighted by atomic mass is 10.3. The van der Waals surface area contributed by atoms with Crippen molar-refractivity contribution in [3.8, 4) is 0 Å². The first-order chi connectivity index (χ1) is 9.85. The predicted molar refractivity (Wildman–Crippen MR) is 82.8 cm³/mol. The smallest absolute Gasteiger partial charge is 0.291 e. The molecule has 0 aromatic heterocycles. The van der Waals surface area contributed by atoms with Crippen molar-refractivity contribution >= 4 is 33.2 Å². The summed E-state index contributed by atoms with van der Waals surface area (Å²) in [5.41, 5.74) is 5.15. The maximum absolute atomic E-state index is 12.4. The van der Waals surface area contributed by atoms with E-state index in [1.165, 1.54) is 12.1 Å². The van der Waals surface area contributed by atoms with Crippen LogP contribution in [0.2, 0.25) is 0 Å². The fraction of sp³-hybridized carbons (Fsp3) is 0.500. The minimum atomic E-state index is -3.94. The van der Waals surface area contributed by atoms with Gasteiger partial charge in [0.25, 0.3) is 5.69 Å². The second kappa shape index (κ2) is 6.20. The van der Waals surface area contributed by atoms with E-state index in [0.29, 0.717) is 0 Å². The summed E-state index contributed by atoms with van der Waals surface area (Å²) in [6, 6.07) is 3.40. The van der Waals surface area contributed by atoms with Gasteiger partial charge in [-0.3, -0.25) is 10.1 Å². The summed E-state index contributed by atoms with van der Waals surface area (Å²) in [5.74, 6) is 0. The maximum atomic E-state index is 12.4. The standard InChI is InChI=1S/C12H17N3O4S2/c1-20-11-4-2-3-9(11)14-21(18,19)12-6-5-8(13)7-10(12)15(16)17/h5-7,9,11,14H,2-4,13H2,1H3. The van der Waals surface area contributed by atoms with Crippen molar-refractivity contribution in [1.29, 1.82) is 0 Å². The highest BCUT2D eigenvalue weighted by molar-refractivity contribution is 7.99. The van der Waals surface area contributed by atoms with Crippen LogP contribution in [0.1, 0.15) is 19.3 Å². The molecule has 0 aliphatic heterocycles. The summed E-state index contributed by atoms with van der Waals surface area (Å²) in [4.78, 5) is 9.96. The van der Waals surface area contributed by atoms with Gasteiger partial charge in [-0.25, -0.2) is 13.1 Å². The third-order valence-corrected chi connectivity index (χ3v) is 6.24. The molecule has 0 amide bonds. The number of nitro groups is 1. The highest BCUT2D eigenvalue weighted by Gasteiger charge is 2.33. The summed E-state index contributed by atoms with van der Waals surface area (Å²) in [5, 5.41) is 11.2. The van der Waals surface area contributed by atoms with Crippen molar-refractivity contribution in [3.05, 3.63) is 28.3 Å². The molecule has 116 valence electrons. The number of thioether (sulfide) groups is 1. The summed E-state index contributed by atoms with van der Waals surface area (Å²) in [6.45, 7) is 0. The van der Waals surface area contributed by atoms with E-state index in [4.69, 9.17) is 5.73 Å². The highest BCUT2D eigenvalue weighted by Crippen LogP contribution is 2.31. The summed E-state index contributed by atoms with van der Waals surface area (Å²) >= 11 is 1.61. The number of nitrogens with one attached hydrogen (secondary N) is 1. The fourth-order valence-electron chi connectivity index (χ4n) is 2.51. The van der Waals surface area contributed by atoms with Crippen LogP contribution >= 0.6 is 11.8 Å². The van der Waals surface area contributed by atoms with Gasteiger partial charge >= 0.3 is 0 Å². The van der Waals surface area contributed by atoms with Crippen molar-refractivity contribution in [2.24, 2.45) is 0 Å². The Bertz CT molecular complexity index is 648. The first kappa shape index (κ1) is 16.1. The van der Waals surface area contributed by atoms with Gasteiger partial charge < -0.3 is 5.73 Å². The van der Waals surface area contributed by atoms with Crippen LogP contribution < -0.4 is 10.5 Å². The molecule has 1 aliphatic rings. The van der Waals surface area contributed by atoms with Gasteiger partial charge in [-0.2, -0.15) is 11.8 Å². The van der Waals surface area contributed by atoms with Gasteiger partial charge in [-0.15, -0.1) is 0 Å². The summed E-state index contributed by atoms with van der Waals surface area (Å²) in [7, 11) is -3.94. The van der Waals surface area contributed by atoms with E-state index >= 15 is 0 Å². The number of anilines is 1. The van der Waals surface area contributed by atoms with Crippen LogP contribution in [-0.2, 0) is 10.0 Å². The molecule has 0 bridgehead atoms. The molecule has 2 unspecified atom stereocenters. The summed E-state index contributed by atoms with van der Waals surface area (Å²) in [6.07, 6.45) is 4.57. The van der Waals surface area contributed by atoms with E-state index < -0.39 is 20.6 Å². The molecule has 1 fully saturated rings. The Balaban J connectivity index is 2.34. The van der Waals surface area contributed by atoms with Crippen LogP contribution in [0.5, 0.6) is 0 Å². The van der Waals surface area contributed by atoms with Crippen molar-refractivity contribution in [2.75, 3.05) is 12.0 Å². The van der Waals surface area contributed by atoms with Gasteiger partial charge in [0, 0.05) is 23.0 Å². The van der Waals surface area contributed by atoms with E-state index in [2.05, 4.69) is 4.72 Å². The van der Waals surface area contributed by atoms with Gasteiger partial charge in [0.1, 0.15) is 0 Å². The molecule has 2 rings (SSSR count). The molecule has 0 heterocycles. The minimum absolute atomic E-state index is 0.156. The lowest BCUT2D eigenvalue weighted by Gasteiger charge is -2.19. The second-order valence-electron chi connectivity index (χ2n) is 4.92. The van der Waals surface area contributed by atoms with E-state index in [1.807, 2.05) is 6.26 Å². The lowest BCUT2D eigenvalue weighted by Crippen LogP contribution is -2.38. The third-order valence-electron chi connectivity index (χ3n) is 3.53. The van der Waals surface area contributed by atoms with Crippen molar-refractivity contribution < 1.29 is 13.3 Å². The largest absolute Gasteiger partial charge is 0.399 e. The molecule has 0 saturated heterocycles. The normalized spacial score (nSPS) is 22.3. The van der Waals surface area contributed by atoms with Crippen LogP contribution in [0.3, 0.4) is 0 Å². The van der Waals surface area contributed by atoms with E-state index in [0.717, 1.165) is 25.3 Å². The number of nitrogens with zero attached hydrogens (tertiary/aromatic N) is 1. The fourth-order valence-corrected chi connectivity index (χ4v) is 4.99. The van der Waals surface area contributed by atoms with Crippen LogP contribution in [0.15, 0.2) is 23.1 Å². The van der Waals surface area contributed by atoms with Crippen molar-refractivity contribution in [1.82, 2.24) is 4.72 Å². The Hall–Kier alpha value is -1.32. The van der Waals surface area contributed by atoms with Crippen molar-refractivity contribution in [3.63, 3.8) is 0 Å². The molecule has 0 spiro atoms. The zero-order valence-electron chi connectivity index (χ0n) is 11.5. The zero-order valence-corrected chi connectivity index (χ0v) is 13.1. The van der Waals surface area contributed by atoms with Crippen molar-refractivity contribution in [2.45, 2.75) is 35.4 Å². The number of benzene rings is 1. The van der Waals surface area contributed by atoms with E-state index in [1.54, 1.807) is 11.8 Å². The molecular formula is C12H17N3O4S2. The Morgan fingerprint density at radius 2 is 2.14 bits per heavy atom. The Morgan fingerprint density at radius 1 is 1.43 bits per heavy atom. The average molecular weight is 331 g/mol. The van der Waals surface area contributed by atoms with Crippen LogP contribution in [0.25, 0.3) is 0 Å². The molecule has 1 saturated carbocycles. The SMILES string of the molecule is CSC1CCCC1NS(=O)(=O)c1ccc(N)cc1[N+](=O)[O-]. The zero-order chi connectivity index (χ0) is 15.6. The monoisotopic (exact) mass is 331 g/mol. The molecule has 9 heteroatoms. The average Bonchev–Trinajstić information content (AvgIpc) is 2.84. The first-order valence-electron chi connectivity index (χ1n) is 6.44. The number of hydrogen-bond acceptors (Lipinski definition) is 6. The number of nitrogen functional groups attached to an aromatic ring is 1. The molecule has 21 heavy (non-hydrogen) atoms. The molecule has 1 aromatic rings. The third kappa shape index (κ3) is 3.47. The Labute approximate surface area is 127 Å². The maximum Gasteiger partial charge on any atom is 0.291 e. The van der Waals surface area contributed by atoms with Gasteiger partial charge in [-0.05, 0) is 31.2 Å². The topological polar surface area (TPSA) is 115 Å². The summed E-state index contributed by atoms with van der Waals surface area (Å²) < 4.78 is 27.4. The van der Waals surface area contributed by atoms with Crippen LogP contribution in [0, 0.1) is 10.1 Å². The van der Waals surface area contributed by atoms with Gasteiger partial charge in [-0.1, -0.05) is 6.42 Å². The van der Waals surface area contributed by atoms with E-state index in [-0.39, 0.29) is 21.9 Å². The molecule has 1 aromatic carbocycles. The molecule has 2 atom stereocenters. The lowest BCUT2D eigenvalue weighted by molar-refractivity contribution is -0.387. The highest BCUT2D eigenvalue weighted by atomic mass is 32.2. The van der Waals surface area contributed by atoms with Gasteiger partial charge in [0.15, 0.2) is 4.90 Å². The molecule has 3 N–H and O–H groups in total. The first-order valence-corrected chi connectivity index (χ1v) is 9.21. The minimum Gasteiger partial charge on any atom is -0.399 e. The quantitative estimate of drug-likeness (QED) is 0.482. The molecular weight excluding hydrogens is 314 g/mol. The van der Waals surface area contributed by atoms with Gasteiger partial charge in [0.2, 0.25) is 10.0 Å². The number of sulfonamides is 1. The number of rotatable bonds is 5. The van der Waals surface area contributed by atoms with Crippen LogP contribution in [0.4, 0.5) is 11.4 Å². The molecule has 1 aliphatic carbocycles. The molecule has 7 nitrogen and oxygen atoms in total.